The maximum absolute atomic E-state index is 12.5. The first-order chi connectivity index (χ1) is 16.8. The van der Waals surface area contributed by atoms with Crippen molar-refractivity contribution in [3.63, 3.8) is 0 Å². The second kappa shape index (κ2) is 9.65. The molecule has 0 bridgehead atoms. The van der Waals surface area contributed by atoms with Crippen LogP contribution in [0, 0.1) is 11.3 Å². The molecule has 0 radical (unpaired) electrons. The molecule has 1 saturated carbocycles. The number of aromatic nitrogens is 2. The topological polar surface area (TPSA) is 85.6 Å². The van der Waals surface area contributed by atoms with Gasteiger partial charge in [-0.1, -0.05) is 20.8 Å². The summed E-state index contributed by atoms with van der Waals surface area (Å²) in [5.74, 6) is -0.421. The smallest absolute Gasteiger partial charge is 0.478 e. The molecule has 1 aliphatic carbocycles. The molecule has 1 aromatic heterocycles. The summed E-state index contributed by atoms with van der Waals surface area (Å²) < 4.78 is 48.9. The number of carboxylic acid groups (broad SMARTS) is 1. The molecule has 2 atom stereocenters. The number of benzene rings is 2. The lowest BCUT2D eigenvalue weighted by Crippen LogP contribution is -2.29. The molecule has 7 nitrogen and oxygen atoms in total. The fraction of sp³-hybridized carbons (Fsp3) is 0.462. The van der Waals surface area contributed by atoms with Crippen molar-refractivity contribution in [3.05, 3.63) is 47.5 Å². The molecule has 0 aliphatic heterocycles. The van der Waals surface area contributed by atoms with Gasteiger partial charge in [0.2, 0.25) is 5.95 Å². The Balaban J connectivity index is 1.80. The molecule has 1 heterocycles. The van der Waals surface area contributed by atoms with Crippen LogP contribution < -0.4 is 10.1 Å². The van der Waals surface area contributed by atoms with Crippen LogP contribution in [0.1, 0.15) is 62.0 Å². The van der Waals surface area contributed by atoms with E-state index in [1.54, 1.807) is 6.07 Å². The van der Waals surface area contributed by atoms with Crippen LogP contribution in [0.3, 0.4) is 0 Å². The monoisotopic (exact) mass is 505 g/mol. The third-order valence-corrected chi connectivity index (χ3v) is 6.52. The van der Waals surface area contributed by atoms with E-state index in [0.717, 1.165) is 24.8 Å². The first kappa shape index (κ1) is 25.8. The average Bonchev–Trinajstić information content (AvgIpc) is 3.09. The fourth-order valence-corrected chi connectivity index (χ4v) is 5.48. The summed E-state index contributed by atoms with van der Waals surface area (Å²) in [7, 11) is 1.51. The van der Waals surface area contributed by atoms with Gasteiger partial charge in [-0.2, -0.15) is 0 Å². The van der Waals surface area contributed by atoms with E-state index in [2.05, 4.69) is 35.4 Å². The highest BCUT2D eigenvalue weighted by Gasteiger charge is 2.35. The number of imidazole rings is 1. The minimum absolute atomic E-state index is 0.0927. The Hall–Kier alpha value is -3.27. The highest BCUT2D eigenvalue weighted by molar-refractivity contribution is 5.95. The largest absolute Gasteiger partial charge is 0.573 e. The Morgan fingerprint density at radius 3 is 2.50 bits per heavy atom. The van der Waals surface area contributed by atoms with Crippen molar-refractivity contribution in [3.8, 4) is 5.75 Å². The molecule has 4 rings (SSSR count). The van der Waals surface area contributed by atoms with Crippen LogP contribution in [-0.2, 0) is 11.3 Å². The molecular formula is C26H30F3N3O4. The normalized spacial score (nSPS) is 19.9. The number of carboxylic acids is 1. The minimum atomic E-state index is -4.77. The van der Waals surface area contributed by atoms with Gasteiger partial charge in [0.25, 0.3) is 0 Å². The van der Waals surface area contributed by atoms with E-state index >= 15 is 0 Å². The molecular weight excluding hydrogens is 475 g/mol. The van der Waals surface area contributed by atoms with Crippen molar-refractivity contribution in [2.24, 2.45) is 11.3 Å². The number of carbonyl (C=O) groups is 1. The summed E-state index contributed by atoms with van der Waals surface area (Å²) in [6.07, 6.45) is -1.86. The summed E-state index contributed by atoms with van der Waals surface area (Å²) in [6, 6.07) is 8.88. The number of nitrogens with zero attached hydrogens (tertiary/aromatic N) is 2. The maximum Gasteiger partial charge on any atom is 0.573 e. The maximum atomic E-state index is 12.5. The summed E-state index contributed by atoms with van der Waals surface area (Å²) in [5, 5.41) is 13.0. The third-order valence-electron chi connectivity index (χ3n) is 6.52. The van der Waals surface area contributed by atoms with Crippen LogP contribution in [0.15, 0.2) is 36.4 Å². The minimum Gasteiger partial charge on any atom is -0.478 e. The van der Waals surface area contributed by atoms with E-state index in [-0.39, 0.29) is 29.4 Å². The third kappa shape index (κ3) is 5.75. The Labute approximate surface area is 207 Å². The summed E-state index contributed by atoms with van der Waals surface area (Å²) in [6.45, 7) is 6.83. The molecule has 194 valence electrons. The first-order valence-electron chi connectivity index (χ1n) is 11.7. The van der Waals surface area contributed by atoms with Gasteiger partial charge in [-0.3, -0.25) is 0 Å². The predicted molar refractivity (Wildman–Crippen MR) is 130 cm³/mol. The number of hydrogen-bond acceptors (Lipinski definition) is 5. The lowest BCUT2D eigenvalue weighted by Gasteiger charge is -2.40. The van der Waals surface area contributed by atoms with Crippen molar-refractivity contribution < 1.29 is 32.5 Å². The number of fused-ring (bicyclic) bond motifs is 1. The highest BCUT2D eigenvalue weighted by Crippen LogP contribution is 2.46. The zero-order valence-electron chi connectivity index (χ0n) is 20.6. The highest BCUT2D eigenvalue weighted by atomic mass is 19.4. The Morgan fingerprint density at radius 2 is 1.92 bits per heavy atom. The van der Waals surface area contributed by atoms with E-state index in [1.807, 2.05) is 6.07 Å². The van der Waals surface area contributed by atoms with E-state index in [4.69, 9.17) is 9.72 Å². The van der Waals surface area contributed by atoms with E-state index in [9.17, 15) is 23.1 Å². The molecule has 0 amide bonds. The number of ether oxygens (including phenoxy) is 2. The van der Waals surface area contributed by atoms with Crippen molar-refractivity contribution >= 4 is 28.6 Å². The fourth-order valence-electron chi connectivity index (χ4n) is 5.48. The number of halogens is 3. The summed E-state index contributed by atoms with van der Waals surface area (Å²) >= 11 is 0. The molecule has 10 heteroatoms. The SMILES string of the molecule is COCc1cc2c(cc1C(=O)O)nc(Nc1ccc(OC(F)(F)F)cc1)n2[C@@H]1C[C@H](C)CC(C)(C)C1. The van der Waals surface area contributed by atoms with Crippen LogP contribution in [0.4, 0.5) is 24.8 Å². The van der Waals surface area contributed by atoms with Gasteiger partial charge in [0.05, 0.1) is 23.2 Å². The predicted octanol–water partition coefficient (Wildman–Crippen LogP) is 6.91. The van der Waals surface area contributed by atoms with Gasteiger partial charge in [0.1, 0.15) is 5.75 Å². The number of aromatic carboxylic acids is 1. The van der Waals surface area contributed by atoms with Gasteiger partial charge < -0.3 is 24.5 Å². The molecule has 3 aromatic rings. The van der Waals surface area contributed by atoms with Gasteiger partial charge in [-0.05, 0) is 72.6 Å². The van der Waals surface area contributed by atoms with Crippen molar-refractivity contribution in [2.75, 3.05) is 12.4 Å². The number of anilines is 2. The van der Waals surface area contributed by atoms with E-state index in [1.165, 1.54) is 31.4 Å². The van der Waals surface area contributed by atoms with Crippen molar-refractivity contribution in [2.45, 2.75) is 59.0 Å². The number of methoxy groups -OCH3 is 1. The van der Waals surface area contributed by atoms with Crippen LogP contribution in [0.25, 0.3) is 11.0 Å². The molecule has 1 fully saturated rings. The van der Waals surface area contributed by atoms with Crippen LogP contribution in [0.2, 0.25) is 0 Å². The van der Waals surface area contributed by atoms with Gasteiger partial charge >= 0.3 is 12.3 Å². The number of alkyl halides is 3. The molecule has 36 heavy (non-hydrogen) atoms. The van der Waals surface area contributed by atoms with Gasteiger partial charge in [-0.25, -0.2) is 9.78 Å². The second-order valence-corrected chi connectivity index (χ2v) is 10.3. The van der Waals surface area contributed by atoms with Crippen molar-refractivity contribution in [1.82, 2.24) is 9.55 Å². The Morgan fingerprint density at radius 1 is 1.22 bits per heavy atom. The van der Waals surface area contributed by atoms with E-state index < -0.39 is 12.3 Å². The molecule has 2 N–H and O–H groups in total. The lowest BCUT2D eigenvalue weighted by molar-refractivity contribution is -0.274. The average molecular weight is 506 g/mol. The summed E-state index contributed by atoms with van der Waals surface area (Å²) in [5.41, 5.74) is 2.58. The Bertz CT molecular complexity index is 1250. The first-order valence-corrected chi connectivity index (χ1v) is 11.7. The van der Waals surface area contributed by atoms with Crippen LogP contribution in [0.5, 0.6) is 5.75 Å². The van der Waals surface area contributed by atoms with Gasteiger partial charge in [0.15, 0.2) is 0 Å². The molecule has 0 unspecified atom stereocenters. The number of hydrogen-bond donors (Lipinski definition) is 2. The standard InChI is InChI=1S/C26H30F3N3O4/c1-15-9-18(13-25(2,3)12-15)32-22-10-16(14-35-4)20(23(33)34)11-21(22)31-24(32)30-17-5-7-19(8-6-17)36-26(27,28)29/h5-8,10-11,15,18H,9,12-14H2,1-4H3,(H,30,31)(H,33,34)/t15-,18+/m0/s1. The zero-order valence-corrected chi connectivity index (χ0v) is 20.6. The second-order valence-electron chi connectivity index (χ2n) is 10.3. The molecule has 2 aromatic carbocycles. The Kier molecular flexibility index (Phi) is 6.92. The molecule has 0 spiro atoms. The van der Waals surface area contributed by atoms with Crippen molar-refractivity contribution in [1.29, 1.82) is 0 Å². The van der Waals surface area contributed by atoms with Gasteiger partial charge in [0, 0.05) is 18.8 Å². The quantitative estimate of drug-likeness (QED) is 0.363. The van der Waals surface area contributed by atoms with E-state index in [0.29, 0.717) is 28.6 Å². The van der Waals surface area contributed by atoms with Crippen LogP contribution >= 0.6 is 0 Å². The lowest BCUT2D eigenvalue weighted by atomic mass is 9.70. The zero-order chi connectivity index (χ0) is 26.3. The molecule has 1 aliphatic rings. The van der Waals surface area contributed by atoms with Crippen LogP contribution in [-0.4, -0.2) is 34.1 Å². The number of rotatable bonds is 7. The number of nitrogens with one attached hydrogen (secondary N) is 1. The van der Waals surface area contributed by atoms with Gasteiger partial charge in [-0.15, -0.1) is 13.2 Å². The summed E-state index contributed by atoms with van der Waals surface area (Å²) in [4.78, 5) is 16.6. The molecule has 0 saturated heterocycles.